The van der Waals surface area contributed by atoms with E-state index >= 15 is 0 Å². The zero-order valence-corrected chi connectivity index (χ0v) is 4.65. The van der Waals surface area contributed by atoms with E-state index in [9.17, 15) is 9.81 Å². The number of rotatable bonds is 6. The van der Waals surface area contributed by atoms with Gasteiger partial charge >= 0.3 is 0 Å². The van der Waals surface area contributed by atoms with Crippen molar-refractivity contribution in [2.75, 3.05) is 13.2 Å². The van der Waals surface area contributed by atoms with Gasteiger partial charge in [-0.1, -0.05) is 0 Å². The Hall–Kier alpha value is -1.20. The molecule has 0 aromatic carbocycles. The van der Waals surface area contributed by atoms with Crippen LogP contribution in [-0.2, 0) is 9.68 Å². The van der Waals surface area contributed by atoms with Crippen LogP contribution in [0.25, 0.3) is 0 Å². The Balaban J connectivity index is 2.74. The van der Waals surface area contributed by atoms with Gasteiger partial charge in [0.2, 0.25) is 0 Å². The highest BCUT2D eigenvalue weighted by Gasteiger charge is 1.87. The van der Waals surface area contributed by atoms with E-state index in [1.165, 1.54) is 0 Å². The lowest BCUT2D eigenvalue weighted by molar-refractivity contribution is 0.0859. The van der Waals surface area contributed by atoms with E-state index in [0.717, 1.165) is 0 Å². The summed E-state index contributed by atoms with van der Waals surface area (Å²) in [4.78, 5) is 26.5. The molecule has 0 radical (unpaired) electrons. The van der Waals surface area contributed by atoms with Gasteiger partial charge in [-0.25, -0.2) is 0 Å². The minimum Gasteiger partial charge on any atom is -0.364 e. The van der Waals surface area contributed by atoms with Crippen molar-refractivity contribution in [1.29, 1.82) is 0 Å². The van der Waals surface area contributed by atoms with Crippen molar-refractivity contribution >= 4 is 0 Å². The van der Waals surface area contributed by atoms with Crippen molar-refractivity contribution in [3.8, 4) is 0 Å². The number of hydrogen-bond donors (Lipinski definition) is 0. The highest BCUT2D eigenvalue weighted by molar-refractivity contribution is 4.29. The lowest BCUT2D eigenvalue weighted by atomic mass is 10.5. The van der Waals surface area contributed by atoms with Gasteiger partial charge in [-0.2, -0.15) is 0 Å². The maximum absolute atomic E-state index is 9.24. The Kier molecular flexibility index (Phi) is 5.89. The molecule has 52 valence electrons. The molecular formula is C3H6N2O4. The first-order valence-electron chi connectivity index (χ1n) is 2.31. The summed E-state index contributed by atoms with van der Waals surface area (Å²) in [6.45, 7) is 0.304. The third kappa shape index (κ3) is 6.80. The van der Waals surface area contributed by atoms with Crippen LogP contribution in [0.3, 0.4) is 0 Å². The average molecular weight is 134 g/mol. The predicted molar refractivity (Wildman–Crippen MR) is 28.1 cm³/mol. The Morgan fingerprint density at radius 1 is 1.00 bits per heavy atom. The Labute approximate surface area is 51.0 Å². The zero-order valence-electron chi connectivity index (χ0n) is 4.65. The van der Waals surface area contributed by atoms with Crippen LogP contribution in [-0.4, -0.2) is 13.2 Å². The zero-order chi connectivity index (χ0) is 6.95. The van der Waals surface area contributed by atoms with E-state index in [0.29, 0.717) is 6.42 Å². The lowest BCUT2D eigenvalue weighted by Gasteiger charge is -1.91. The monoisotopic (exact) mass is 134 g/mol. The molecule has 0 aliphatic heterocycles. The summed E-state index contributed by atoms with van der Waals surface area (Å²) in [6.07, 6.45) is 0.428. The minimum atomic E-state index is 0.152. The van der Waals surface area contributed by atoms with Gasteiger partial charge in [0.25, 0.3) is 0 Å². The lowest BCUT2D eigenvalue weighted by Crippen LogP contribution is -1.93. The second-order valence-electron chi connectivity index (χ2n) is 1.17. The van der Waals surface area contributed by atoms with Crippen LogP contribution in [0, 0.1) is 9.81 Å². The topological polar surface area (TPSA) is 77.3 Å². The van der Waals surface area contributed by atoms with Crippen LogP contribution in [0.2, 0.25) is 0 Å². The van der Waals surface area contributed by atoms with Crippen LogP contribution in [0.1, 0.15) is 6.42 Å². The maximum Gasteiger partial charge on any atom is 0.155 e. The molecule has 0 aromatic heterocycles. The molecule has 0 unspecified atom stereocenters. The summed E-state index contributed by atoms with van der Waals surface area (Å²) in [5.74, 6) is 0. The molecule has 0 amide bonds. The Morgan fingerprint density at radius 2 is 1.44 bits per heavy atom. The second-order valence-corrected chi connectivity index (χ2v) is 1.17. The van der Waals surface area contributed by atoms with E-state index < -0.39 is 0 Å². The van der Waals surface area contributed by atoms with E-state index in [4.69, 9.17) is 0 Å². The first-order valence-corrected chi connectivity index (χ1v) is 2.31. The smallest absolute Gasteiger partial charge is 0.155 e. The third-order valence-corrected chi connectivity index (χ3v) is 0.577. The number of hydrogen-bond acceptors (Lipinski definition) is 6. The molecule has 0 saturated heterocycles. The molecule has 0 heterocycles. The molecular weight excluding hydrogens is 128 g/mol. The van der Waals surface area contributed by atoms with Gasteiger partial charge in [0.15, 0.2) is 10.7 Å². The minimum absolute atomic E-state index is 0.152. The molecule has 0 N–H and O–H groups in total. The molecule has 0 atom stereocenters. The molecule has 6 heteroatoms. The van der Waals surface area contributed by atoms with Crippen molar-refractivity contribution in [3.05, 3.63) is 9.81 Å². The van der Waals surface area contributed by atoms with E-state index in [2.05, 4.69) is 20.4 Å². The fourth-order valence-corrected chi connectivity index (χ4v) is 0.263. The van der Waals surface area contributed by atoms with Gasteiger partial charge < -0.3 is 9.68 Å². The van der Waals surface area contributed by atoms with E-state index in [1.54, 1.807) is 0 Å². The standard InChI is InChI=1S/C3H6N2O4/c6-4-8-2-1-3-9-5-7/h1-3H2. The summed E-state index contributed by atoms with van der Waals surface area (Å²) in [7, 11) is 0. The molecule has 6 nitrogen and oxygen atoms in total. The van der Waals surface area contributed by atoms with Crippen molar-refractivity contribution in [2.24, 2.45) is 10.7 Å². The highest BCUT2D eigenvalue weighted by Crippen LogP contribution is 1.84. The van der Waals surface area contributed by atoms with Crippen molar-refractivity contribution in [1.82, 2.24) is 0 Å². The van der Waals surface area contributed by atoms with Crippen molar-refractivity contribution in [3.63, 3.8) is 0 Å². The van der Waals surface area contributed by atoms with Gasteiger partial charge in [-0.05, 0) is 0 Å². The molecule has 9 heavy (non-hydrogen) atoms. The van der Waals surface area contributed by atoms with Gasteiger partial charge in [0, 0.05) is 6.42 Å². The molecule has 0 saturated carbocycles. The van der Waals surface area contributed by atoms with Gasteiger partial charge in [-0.15, -0.1) is 9.81 Å². The van der Waals surface area contributed by atoms with Gasteiger partial charge in [-0.3, -0.25) is 0 Å². The van der Waals surface area contributed by atoms with Crippen LogP contribution < -0.4 is 0 Å². The summed E-state index contributed by atoms with van der Waals surface area (Å²) in [6, 6.07) is 0. The van der Waals surface area contributed by atoms with Crippen LogP contribution >= 0.6 is 0 Å². The normalized spacial score (nSPS) is 8.00. The molecule has 0 spiro atoms. The Bertz CT molecular complexity index is 75.9. The fraction of sp³-hybridized carbons (Fsp3) is 1.00. The van der Waals surface area contributed by atoms with E-state index in [-0.39, 0.29) is 13.2 Å². The Morgan fingerprint density at radius 3 is 1.78 bits per heavy atom. The summed E-state index contributed by atoms with van der Waals surface area (Å²) in [5.41, 5.74) is 0. The van der Waals surface area contributed by atoms with Crippen molar-refractivity contribution < 1.29 is 9.68 Å². The van der Waals surface area contributed by atoms with Crippen LogP contribution in [0.5, 0.6) is 0 Å². The van der Waals surface area contributed by atoms with Crippen LogP contribution in [0.4, 0.5) is 0 Å². The summed E-state index contributed by atoms with van der Waals surface area (Å²) >= 11 is 0. The third-order valence-electron chi connectivity index (χ3n) is 0.577. The predicted octanol–water partition coefficient (Wildman–Crippen LogP) is 0.772. The second kappa shape index (κ2) is 6.80. The fourth-order valence-electron chi connectivity index (χ4n) is 0.263. The molecule has 0 rings (SSSR count). The van der Waals surface area contributed by atoms with Crippen LogP contribution in [0.15, 0.2) is 10.7 Å². The molecule has 0 aromatic rings. The van der Waals surface area contributed by atoms with Gasteiger partial charge in [0.05, 0.1) is 0 Å². The number of nitrogens with zero attached hydrogens (tertiary/aromatic N) is 2. The molecule has 0 fully saturated rings. The van der Waals surface area contributed by atoms with E-state index in [1.807, 2.05) is 0 Å². The molecule has 0 aliphatic rings. The SMILES string of the molecule is O=NOCCCON=O. The van der Waals surface area contributed by atoms with Crippen molar-refractivity contribution in [2.45, 2.75) is 6.42 Å². The summed E-state index contributed by atoms with van der Waals surface area (Å²) in [5, 5.41) is 4.24. The van der Waals surface area contributed by atoms with Gasteiger partial charge in [0.1, 0.15) is 13.2 Å². The molecule has 0 aliphatic carbocycles. The average Bonchev–Trinajstić information content (AvgIpc) is 1.89. The first kappa shape index (κ1) is 7.80. The first-order chi connectivity index (χ1) is 4.41. The quantitative estimate of drug-likeness (QED) is 0.305. The maximum atomic E-state index is 9.24. The molecule has 0 bridgehead atoms. The highest BCUT2D eigenvalue weighted by atomic mass is 16.7. The summed E-state index contributed by atoms with van der Waals surface area (Å²) < 4.78 is 0. The largest absolute Gasteiger partial charge is 0.364 e.